The van der Waals surface area contributed by atoms with Crippen molar-refractivity contribution in [2.45, 2.75) is 0 Å². The van der Waals surface area contributed by atoms with Crippen LogP contribution < -0.4 is 0 Å². The third kappa shape index (κ3) is 0.882. The van der Waals surface area contributed by atoms with Gasteiger partial charge in [0.2, 0.25) is 0 Å². The lowest BCUT2D eigenvalue weighted by molar-refractivity contribution is 1.68. The van der Waals surface area contributed by atoms with E-state index in [1.807, 2.05) is 6.08 Å². The van der Waals surface area contributed by atoms with Crippen molar-refractivity contribution in [3.8, 4) is 0 Å². The molecule has 14 heavy (non-hydrogen) atoms. The van der Waals surface area contributed by atoms with Crippen LogP contribution in [0.5, 0.6) is 0 Å². The highest BCUT2D eigenvalue weighted by Gasteiger charge is 2.08. The molecule has 0 spiro atoms. The van der Waals surface area contributed by atoms with Gasteiger partial charge in [0.05, 0.1) is 0 Å². The Morgan fingerprint density at radius 1 is 1.00 bits per heavy atom. The van der Waals surface area contributed by atoms with Gasteiger partial charge in [-0.25, -0.2) is 0 Å². The van der Waals surface area contributed by atoms with Gasteiger partial charge in [0, 0.05) is 0 Å². The van der Waals surface area contributed by atoms with E-state index in [0.717, 1.165) is 0 Å². The molecule has 0 fully saturated rings. The van der Waals surface area contributed by atoms with Crippen LogP contribution in [0, 0.1) is 0 Å². The minimum absolute atomic E-state index is 1.19. The summed E-state index contributed by atoms with van der Waals surface area (Å²) in [6.45, 7) is 3.81. The number of rotatable bonds is 1. The van der Waals surface area contributed by atoms with Crippen LogP contribution in [-0.4, -0.2) is 0 Å². The van der Waals surface area contributed by atoms with E-state index in [1.54, 1.807) is 0 Å². The number of benzene rings is 2. The Labute approximate surface area is 83.2 Å². The van der Waals surface area contributed by atoms with E-state index in [1.165, 1.54) is 27.5 Å². The first kappa shape index (κ1) is 7.57. The van der Waals surface area contributed by atoms with Gasteiger partial charge in [-0.05, 0) is 39.6 Å². The van der Waals surface area contributed by atoms with Gasteiger partial charge in [-0.3, -0.25) is 0 Å². The second-order valence-electron chi connectivity index (χ2n) is 3.59. The van der Waals surface area contributed by atoms with Crippen LogP contribution in [0.25, 0.3) is 29.0 Å². The van der Waals surface area contributed by atoms with Crippen molar-refractivity contribution in [1.29, 1.82) is 0 Å². The Morgan fingerprint density at radius 2 is 1.86 bits per heavy atom. The molecule has 0 aliphatic heterocycles. The van der Waals surface area contributed by atoms with Crippen LogP contribution in [-0.2, 0) is 0 Å². The van der Waals surface area contributed by atoms with E-state index in [9.17, 15) is 0 Å². The molecular formula is C14H10. The third-order valence-electron chi connectivity index (χ3n) is 2.74. The summed E-state index contributed by atoms with van der Waals surface area (Å²) in [6, 6.07) is 10.8. The minimum atomic E-state index is 1.19. The summed E-state index contributed by atoms with van der Waals surface area (Å²) in [5, 5.41) is 2.68. The smallest absolute Gasteiger partial charge is 0.00384 e. The van der Waals surface area contributed by atoms with Gasteiger partial charge < -0.3 is 0 Å². The van der Waals surface area contributed by atoms with E-state index in [-0.39, 0.29) is 0 Å². The molecule has 0 radical (unpaired) electrons. The second kappa shape index (κ2) is 2.58. The quantitative estimate of drug-likeness (QED) is 0.529. The first-order chi connectivity index (χ1) is 6.88. The first-order valence-electron chi connectivity index (χ1n) is 4.76. The van der Waals surface area contributed by atoms with E-state index < -0.39 is 0 Å². The number of hydrogen-bond acceptors (Lipinski definition) is 0. The second-order valence-corrected chi connectivity index (χ2v) is 3.59. The first-order valence-corrected chi connectivity index (χ1v) is 4.76. The third-order valence-corrected chi connectivity index (χ3v) is 2.74. The van der Waals surface area contributed by atoms with Crippen molar-refractivity contribution in [3.63, 3.8) is 0 Å². The fraction of sp³-hybridized carbons (Fsp3) is 0. The average molecular weight is 178 g/mol. The SMILES string of the molecule is C=Cc1cc2c3c(cccc3c1)C=C2. The molecule has 0 unspecified atom stereocenters. The summed E-state index contributed by atoms with van der Waals surface area (Å²) < 4.78 is 0. The van der Waals surface area contributed by atoms with E-state index >= 15 is 0 Å². The van der Waals surface area contributed by atoms with Gasteiger partial charge >= 0.3 is 0 Å². The molecule has 1 aliphatic rings. The maximum Gasteiger partial charge on any atom is -0.00384 e. The summed E-state index contributed by atoms with van der Waals surface area (Å²) in [5.41, 5.74) is 3.83. The predicted molar refractivity (Wildman–Crippen MR) is 63.0 cm³/mol. The Bertz CT molecular complexity index is 560. The van der Waals surface area contributed by atoms with Crippen LogP contribution in [0.4, 0.5) is 0 Å². The van der Waals surface area contributed by atoms with Crippen LogP contribution in [0.3, 0.4) is 0 Å². The summed E-state index contributed by atoms with van der Waals surface area (Å²) in [4.78, 5) is 0. The zero-order valence-electron chi connectivity index (χ0n) is 7.83. The molecule has 0 bridgehead atoms. The molecule has 2 aromatic carbocycles. The van der Waals surface area contributed by atoms with Gasteiger partial charge in [0.15, 0.2) is 0 Å². The maximum atomic E-state index is 3.81. The lowest BCUT2D eigenvalue weighted by Gasteiger charge is -2.03. The average Bonchev–Trinajstić information content (AvgIpc) is 2.64. The largest absolute Gasteiger partial charge is 0.0985 e. The highest BCUT2D eigenvalue weighted by molar-refractivity contribution is 6.05. The summed E-state index contributed by atoms with van der Waals surface area (Å²) in [7, 11) is 0. The zero-order chi connectivity index (χ0) is 9.54. The van der Waals surface area contributed by atoms with Gasteiger partial charge in [-0.2, -0.15) is 0 Å². The predicted octanol–water partition coefficient (Wildman–Crippen LogP) is 3.97. The summed E-state index contributed by atoms with van der Waals surface area (Å²) in [5.74, 6) is 0. The Balaban J connectivity index is 2.52. The van der Waals surface area contributed by atoms with Crippen molar-refractivity contribution in [3.05, 3.63) is 53.6 Å². The summed E-state index contributed by atoms with van der Waals surface area (Å²) >= 11 is 0. The molecule has 0 saturated carbocycles. The van der Waals surface area contributed by atoms with Crippen molar-refractivity contribution < 1.29 is 0 Å². The van der Waals surface area contributed by atoms with Crippen LogP contribution in [0.1, 0.15) is 16.7 Å². The molecule has 0 heterocycles. The molecule has 0 saturated heterocycles. The molecule has 3 rings (SSSR count). The van der Waals surface area contributed by atoms with Gasteiger partial charge in [0.1, 0.15) is 0 Å². The van der Waals surface area contributed by atoms with Gasteiger partial charge in [-0.15, -0.1) is 0 Å². The molecule has 0 N–H and O–H groups in total. The molecule has 0 amide bonds. The molecule has 2 aromatic rings. The van der Waals surface area contributed by atoms with Crippen molar-refractivity contribution in [2.24, 2.45) is 0 Å². The molecule has 1 aliphatic carbocycles. The fourth-order valence-electron chi connectivity index (χ4n) is 2.08. The molecule has 0 heteroatoms. The lowest BCUT2D eigenvalue weighted by Crippen LogP contribution is -1.80. The monoisotopic (exact) mass is 178 g/mol. The fourth-order valence-corrected chi connectivity index (χ4v) is 2.08. The number of hydrogen-bond donors (Lipinski definition) is 0. The van der Waals surface area contributed by atoms with Gasteiger partial charge in [0.25, 0.3) is 0 Å². The Kier molecular flexibility index (Phi) is 1.40. The zero-order valence-corrected chi connectivity index (χ0v) is 7.83. The van der Waals surface area contributed by atoms with Crippen LogP contribution in [0.2, 0.25) is 0 Å². The highest BCUT2D eigenvalue weighted by Crippen LogP contribution is 2.32. The van der Waals surface area contributed by atoms with Crippen LogP contribution in [0.15, 0.2) is 36.9 Å². The van der Waals surface area contributed by atoms with E-state index in [4.69, 9.17) is 0 Å². The van der Waals surface area contributed by atoms with E-state index in [0.29, 0.717) is 0 Å². The van der Waals surface area contributed by atoms with E-state index in [2.05, 4.69) is 49.1 Å². The van der Waals surface area contributed by atoms with Crippen molar-refractivity contribution in [2.75, 3.05) is 0 Å². The van der Waals surface area contributed by atoms with Crippen LogP contribution >= 0.6 is 0 Å². The summed E-state index contributed by atoms with van der Waals surface area (Å²) in [6.07, 6.45) is 6.24. The molecular weight excluding hydrogens is 168 g/mol. The molecule has 66 valence electrons. The molecule has 0 atom stereocenters. The Morgan fingerprint density at radius 3 is 2.71 bits per heavy atom. The van der Waals surface area contributed by atoms with Crippen molar-refractivity contribution >= 4 is 29.0 Å². The topological polar surface area (TPSA) is 0 Å². The molecule has 0 aromatic heterocycles. The highest BCUT2D eigenvalue weighted by atomic mass is 14.1. The van der Waals surface area contributed by atoms with Crippen molar-refractivity contribution in [1.82, 2.24) is 0 Å². The minimum Gasteiger partial charge on any atom is -0.0985 e. The lowest BCUT2D eigenvalue weighted by atomic mass is 10.0. The standard InChI is InChI=1S/C14H10/c1-2-10-8-12-5-3-4-11-6-7-13(9-10)14(11)12/h2-9H,1H2. The normalized spacial score (nSPS) is 12.3. The Hall–Kier alpha value is -1.82. The molecule has 0 nitrogen and oxygen atoms in total. The maximum absolute atomic E-state index is 3.81. The van der Waals surface area contributed by atoms with Gasteiger partial charge in [-0.1, -0.05) is 43.0 Å².